The summed E-state index contributed by atoms with van der Waals surface area (Å²) < 4.78 is 5.70. The molecule has 0 aliphatic carbocycles. The molecule has 1 N–H and O–H groups in total. The highest BCUT2D eigenvalue weighted by atomic mass is 35.5. The van der Waals surface area contributed by atoms with Gasteiger partial charge in [0.15, 0.2) is 0 Å². The Labute approximate surface area is 149 Å². The molecule has 1 amide bonds. The van der Waals surface area contributed by atoms with E-state index in [1.807, 2.05) is 0 Å². The maximum absolute atomic E-state index is 12.2. The molecular weight excluding hydrogens is 345 g/mol. The summed E-state index contributed by atoms with van der Waals surface area (Å²) in [6.45, 7) is 0. The molecule has 0 aliphatic rings. The van der Waals surface area contributed by atoms with E-state index in [1.54, 1.807) is 48.5 Å². The molecule has 0 radical (unpaired) electrons. The third kappa shape index (κ3) is 3.99. The van der Waals surface area contributed by atoms with E-state index in [0.717, 1.165) is 0 Å². The first-order valence-corrected chi connectivity index (χ1v) is 7.79. The van der Waals surface area contributed by atoms with Gasteiger partial charge < -0.3 is 10.1 Å². The summed E-state index contributed by atoms with van der Waals surface area (Å²) in [5.41, 5.74) is 0.976. The smallest absolute Gasteiger partial charge is 0.257 e. The number of carbonyl (C=O) groups excluding carboxylic acids is 1. The van der Waals surface area contributed by atoms with Gasteiger partial charge in [0.25, 0.3) is 5.91 Å². The Balaban J connectivity index is 1.67. The lowest BCUT2D eigenvalue weighted by Gasteiger charge is -2.08. The van der Waals surface area contributed by atoms with Crippen LogP contribution in [-0.2, 0) is 0 Å². The number of hydrogen-bond donors (Lipinski definition) is 1. The van der Waals surface area contributed by atoms with E-state index in [1.165, 1.54) is 12.1 Å². The van der Waals surface area contributed by atoms with Crippen LogP contribution in [0.2, 0.25) is 10.0 Å². The second-order valence-electron chi connectivity index (χ2n) is 4.87. The van der Waals surface area contributed by atoms with E-state index in [4.69, 9.17) is 27.9 Å². The van der Waals surface area contributed by atoms with Crippen LogP contribution >= 0.6 is 23.2 Å². The molecule has 3 rings (SSSR count). The number of rotatable bonds is 4. The van der Waals surface area contributed by atoms with E-state index in [9.17, 15) is 4.79 Å². The van der Waals surface area contributed by atoms with Gasteiger partial charge in [0.05, 0.1) is 10.6 Å². The van der Waals surface area contributed by atoms with Crippen LogP contribution in [0.25, 0.3) is 0 Å². The first-order valence-electron chi connectivity index (χ1n) is 7.04. The predicted octanol–water partition coefficient (Wildman–Crippen LogP) is 5.64. The Morgan fingerprint density at radius 2 is 1.46 bits per heavy atom. The number of amides is 1. The molecule has 0 spiro atoms. The van der Waals surface area contributed by atoms with Crippen molar-refractivity contribution in [2.75, 3.05) is 5.32 Å². The number of hydrogen-bond acceptors (Lipinski definition) is 2. The number of nitrogens with one attached hydrogen (secondary N) is 1. The summed E-state index contributed by atoms with van der Waals surface area (Å²) in [6.07, 6.45) is 0. The molecule has 0 saturated carbocycles. The van der Waals surface area contributed by atoms with Crippen LogP contribution in [0.1, 0.15) is 10.4 Å². The van der Waals surface area contributed by atoms with Crippen molar-refractivity contribution < 1.29 is 9.53 Å². The van der Waals surface area contributed by atoms with Gasteiger partial charge in [-0.15, -0.1) is 0 Å². The zero-order valence-corrected chi connectivity index (χ0v) is 13.9. The molecule has 0 unspecified atom stereocenters. The van der Waals surface area contributed by atoms with Gasteiger partial charge in [0.1, 0.15) is 11.5 Å². The quantitative estimate of drug-likeness (QED) is 0.657. The molecule has 0 atom stereocenters. The van der Waals surface area contributed by atoms with Gasteiger partial charge in [-0.25, -0.2) is 0 Å². The van der Waals surface area contributed by atoms with Crippen LogP contribution in [0.4, 0.5) is 5.69 Å². The maximum atomic E-state index is 12.2. The van der Waals surface area contributed by atoms with E-state index in [2.05, 4.69) is 17.4 Å². The molecule has 0 heterocycles. The van der Waals surface area contributed by atoms with Gasteiger partial charge in [-0.2, -0.15) is 0 Å². The minimum Gasteiger partial charge on any atom is -0.457 e. The SMILES string of the molecule is O=C(Nc1ccc(Oc2ccc(Cl)cc2)cc1)c1cc#ccc1Cl. The van der Waals surface area contributed by atoms with Gasteiger partial charge in [-0.1, -0.05) is 35.3 Å². The summed E-state index contributed by atoms with van der Waals surface area (Å²) in [6, 6.07) is 22.5. The van der Waals surface area contributed by atoms with E-state index < -0.39 is 0 Å². The van der Waals surface area contributed by atoms with Crippen LogP contribution < -0.4 is 10.1 Å². The number of anilines is 1. The fourth-order valence-electron chi connectivity index (χ4n) is 1.98. The Hall–Kier alpha value is -2.67. The van der Waals surface area contributed by atoms with Crippen LogP contribution in [0, 0.1) is 12.1 Å². The lowest BCUT2D eigenvalue weighted by Crippen LogP contribution is -2.12. The zero-order chi connectivity index (χ0) is 16.9. The molecule has 118 valence electrons. The van der Waals surface area contributed by atoms with Crippen LogP contribution in [0.15, 0.2) is 60.7 Å². The van der Waals surface area contributed by atoms with E-state index >= 15 is 0 Å². The first kappa shape index (κ1) is 16.2. The average Bonchev–Trinajstić information content (AvgIpc) is 2.59. The summed E-state index contributed by atoms with van der Waals surface area (Å²) in [7, 11) is 0. The number of halogens is 2. The second kappa shape index (κ2) is 7.27. The Kier molecular flexibility index (Phi) is 4.90. The molecule has 0 bridgehead atoms. The molecule has 3 aromatic rings. The zero-order valence-electron chi connectivity index (χ0n) is 12.3. The minimum absolute atomic E-state index is 0.309. The third-order valence-corrected chi connectivity index (χ3v) is 3.73. The lowest BCUT2D eigenvalue weighted by molar-refractivity contribution is 0.102. The van der Waals surface area contributed by atoms with Crippen molar-refractivity contribution in [3.8, 4) is 11.5 Å². The standard InChI is InChI=1S/C19H11Cl2NO2/c20-13-5-9-15(10-6-13)24-16-11-7-14(8-12-16)22-19(23)17-3-1-2-4-18(17)21/h3-12H,(H,22,23). The minimum atomic E-state index is -0.309. The second-order valence-corrected chi connectivity index (χ2v) is 5.72. The maximum Gasteiger partial charge on any atom is 0.257 e. The van der Waals surface area contributed by atoms with Crippen molar-refractivity contribution in [1.82, 2.24) is 0 Å². The molecule has 5 heteroatoms. The number of carbonyl (C=O) groups is 1. The highest BCUT2D eigenvalue weighted by Gasteiger charge is 2.09. The van der Waals surface area contributed by atoms with Crippen molar-refractivity contribution >= 4 is 34.8 Å². The highest BCUT2D eigenvalue weighted by molar-refractivity contribution is 6.34. The largest absolute Gasteiger partial charge is 0.457 e. The van der Waals surface area contributed by atoms with Gasteiger partial charge >= 0.3 is 0 Å². The van der Waals surface area contributed by atoms with E-state index in [-0.39, 0.29) is 5.91 Å². The van der Waals surface area contributed by atoms with Gasteiger partial charge in [-0.3, -0.25) is 4.79 Å². The average molecular weight is 356 g/mol. The van der Waals surface area contributed by atoms with Gasteiger partial charge in [0.2, 0.25) is 0 Å². The predicted molar refractivity (Wildman–Crippen MR) is 95.0 cm³/mol. The van der Waals surface area contributed by atoms with Crippen molar-refractivity contribution in [3.05, 3.63) is 88.4 Å². The molecule has 3 aromatic carbocycles. The lowest BCUT2D eigenvalue weighted by atomic mass is 10.2. The number of ether oxygens (including phenoxy) is 1. The molecule has 3 nitrogen and oxygen atoms in total. The highest BCUT2D eigenvalue weighted by Crippen LogP contribution is 2.24. The van der Waals surface area contributed by atoms with E-state index in [0.29, 0.717) is 32.8 Å². The molecule has 0 aliphatic heterocycles. The molecular formula is C19H11Cl2NO2. The fourth-order valence-corrected chi connectivity index (χ4v) is 2.30. The third-order valence-electron chi connectivity index (χ3n) is 3.16. The Morgan fingerprint density at radius 1 is 0.875 bits per heavy atom. The molecule has 0 fully saturated rings. The van der Waals surface area contributed by atoms with Gasteiger partial charge in [-0.05, 0) is 48.5 Å². The Bertz CT molecular complexity index is 846. The van der Waals surface area contributed by atoms with Crippen molar-refractivity contribution in [3.63, 3.8) is 0 Å². The monoisotopic (exact) mass is 355 g/mol. The normalized spacial score (nSPS) is 9.92. The summed E-state index contributed by atoms with van der Waals surface area (Å²) in [4.78, 5) is 12.2. The van der Waals surface area contributed by atoms with Gasteiger partial charge in [0, 0.05) is 22.8 Å². The molecule has 0 saturated heterocycles. The van der Waals surface area contributed by atoms with Crippen LogP contribution in [0.3, 0.4) is 0 Å². The first-order chi connectivity index (χ1) is 11.6. The number of benzene rings is 2. The topological polar surface area (TPSA) is 38.3 Å². The molecule has 0 aromatic heterocycles. The van der Waals surface area contributed by atoms with Crippen molar-refractivity contribution in [2.45, 2.75) is 0 Å². The van der Waals surface area contributed by atoms with Crippen molar-refractivity contribution in [1.29, 1.82) is 0 Å². The fraction of sp³-hybridized carbons (Fsp3) is 0. The Morgan fingerprint density at radius 3 is 2.08 bits per heavy atom. The van der Waals surface area contributed by atoms with Crippen LogP contribution in [0.5, 0.6) is 11.5 Å². The van der Waals surface area contributed by atoms with Crippen molar-refractivity contribution in [2.24, 2.45) is 0 Å². The molecule has 24 heavy (non-hydrogen) atoms. The summed E-state index contributed by atoms with van der Waals surface area (Å²) in [5.74, 6) is 1.02. The van der Waals surface area contributed by atoms with Crippen LogP contribution in [-0.4, -0.2) is 5.91 Å². The summed E-state index contributed by atoms with van der Waals surface area (Å²) >= 11 is 11.8. The summed E-state index contributed by atoms with van der Waals surface area (Å²) in [5, 5.41) is 3.74.